The Morgan fingerprint density at radius 1 is 1.50 bits per heavy atom. The molecule has 0 spiro atoms. The largest absolute Gasteiger partial charge is 0.120 e. The Bertz CT molecular complexity index is 116. The zero-order chi connectivity index (χ0) is 5.98. The van der Waals surface area contributed by atoms with Gasteiger partial charge in [-0.2, -0.15) is 0 Å². The Morgan fingerprint density at radius 3 is 2.50 bits per heavy atom. The molecule has 39 valence electrons. The maximum absolute atomic E-state index is 5.34. The second-order valence-electron chi connectivity index (χ2n) is 2.33. The molecule has 0 aliphatic heterocycles. The van der Waals surface area contributed by atoms with E-state index in [0.717, 1.165) is 0 Å². The molecule has 3 radical (unpaired) electrons. The van der Waals surface area contributed by atoms with Gasteiger partial charge in [0.25, 0.3) is 0 Å². The van der Waals surface area contributed by atoms with Gasteiger partial charge in [0.05, 0.1) is 7.17 Å². The summed E-state index contributed by atoms with van der Waals surface area (Å²) in [6.45, 7) is 2.16. The second-order valence-corrected chi connectivity index (χ2v) is 2.33. The van der Waals surface area contributed by atoms with Gasteiger partial charge >= 0.3 is 0 Å². The van der Waals surface area contributed by atoms with Crippen molar-refractivity contribution in [2.24, 2.45) is 0 Å². The highest BCUT2D eigenvalue weighted by Gasteiger charge is 2.06. The third kappa shape index (κ3) is 0.988. The Balaban J connectivity index is 2.58. The molecule has 0 fully saturated rings. The van der Waals surface area contributed by atoms with Crippen LogP contribution in [0.1, 0.15) is 26.2 Å². The number of hydrogen-bond donors (Lipinski definition) is 0. The Morgan fingerprint density at radius 2 is 2.25 bits per heavy atom. The van der Waals surface area contributed by atoms with Crippen LogP contribution >= 0.6 is 0 Å². The summed E-state index contributed by atoms with van der Waals surface area (Å²) < 4.78 is 0. The second kappa shape index (κ2) is 2.43. The SMILES string of the molecule is [B][B]C1=C(C)CCC1. The third-order valence-corrected chi connectivity index (χ3v) is 1.75. The minimum Gasteiger partial charge on any atom is -0.120 e. The molecule has 0 amide bonds. The van der Waals surface area contributed by atoms with Crippen LogP contribution in [0.3, 0.4) is 0 Å². The van der Waals surface area contributed by atoms with Crippen LogP contribution in [0.4, 0.5) is 0 Å². The zero-order valence-electron chi connectivity index (χ0n) is 5.28. The summed E-state index contributed by atoms with van der Waals surface area (Å²) in [6.07, 6.45) is 3.75. The molecule has 0 aromatic rings. The maximum Gasteiger partial charge on any atom is 0.0900 e. The molecular weight excluding hydrogens is 93.7 g/mol. The van der Waals surface area contributed by atoms with E-state index < -0.39 is 0 Å². The van der Waals surface area contributed by atoms with Gasteiger partial charge in [0.2, 0.25) is 0 Å². The first-order chi connectivity index (χ1) is 3.84. The highest BCUT2D eigenvalue weighted by atomic mass is 14.1. The fourth-order valence-electron chi connectivity index (χ4n) is 1.14. The number of rotatable bonds is 1. The van der Waals surface area contributed by atoms with Crippen molar-refractivity contribution < 1.29 is 0 Å². The van der Waals surface area contributed by atoms with Gasteiger partial charge in [-0.15, -0.1) is 5.47 Å². The van der Waals surface area contributed by atoms with E-state index in [0.29, 0.717) is 0 Å². The van der Waals surface area contributed by atoms with Gasteiger partial charge in [-0.25, -0.2) is 0 Å². The minimum absolute atomic E-state index is 1.20. The van der Waals surface area contributed by atoms with Crippen molar-refractivity contribution in [3.8, 4) is 0 Å². The van der Waals surface area contributed by atoms with Gasteiger partial charge in [0.1, 0.15) is 0 Å². The summed E-state index contributed by atoms with van der Waals surface area (Å²) in [5, 5.41) is 0. The van der Waals surface area contributed by atoms with E-state index in [9.17, 15) is 0 Å². The monoisotopic (exact) mass is 103 g/mol. The van der Waals surface area contributed by atoms with E-state index in [1.165, 1.54) is 30.3 Å². The first-order valence-corrected chi connectivity index (χ1v) is 3.08. The van der Waals surface area contributed by atoms with Crippen LogP contribution in [0.5, 0.6) is 0 Å². The van der Waals surface area contributed by atoms with Crippen molar-refractivity contribution in [3.63, 3.8) is 0 Å². The van der Waals surface area contributed by atoms with E-state index in [1.807, 2.05) is 0 Å². The lowest BCUT2D eigenvalue weighted by Crippen LogP contribution is -1.92. The molecule has 0 N–H and O–H groups in total. The van der Waals surface area contributed by atoms with Crippen LogP contribution in [0, 0.1) is 0 Å². The molecule has 0 heterocycles. The Labute approximate surface area is 53.0 Å². The standard InChI is InChI=1S/C6H9B2/c1-5-3-2-4-6(5)8-7/h2-4H2,1H3. The van der Waals surface area contributed by atoms with Crippen molar-refractivity contribution >= 4 is 14.9 Å². The van der Waals surface area contributed by atoms with E-state index in [1.54, 1.807) is 7.17 Å². The van der Waals surface area contributed by atoms with Crippen LogP contribution in [-0.2, 0) is 0 Å². The summed E-state index contributed by atoms with van der Waals surface area (Å²) in [4.78, 5) is 0. The molecule has 0 atom stereocenters. The number of allylic oxidation sites excluding steroid dienone is 2. The highest BCUT2D eigenvalue weighted by Crippen LogP contribution is 2.23. The molecular formula is C6H9B2. The van der Waals surface area contributed by atoms with Gasteiger partial charge in [-0.05, 0) is 26.2 Å². The van der Waals surface area contributed by atoms with Crippen molar-refractivity contribution in [3.05, 3.63) is 11.0 Å². The normalized spacial score (nSPS) is 19.6. The average molecular weight is 103 g/mol. The fourth-order valence-corrected chi connectivity index (χ4v) is 1.14. The minimum atomic E-state index is 1.20. The first-order valence-electron chi connectivity index (χ1n) is 3.08. The van der Waals surface area contributed by atoms with Crippen molar-refractivity contribution in [2.45, 2.75) is 26.2 Å². The molecule has 0 unspecified atom stereocenters. The van der Waals surface area contributed by atoms with Crippen LogP contribution in [0.15, 0.2) is 11.0 Å². The predicted octanol–water partition coefficient (Wildman–Crippen LogP) is 1.23. The van der Waals surface area contributed by atoms with Crippen molar-refractivity contribution in [1.82, 2.24) is 0 Å². The van der Waals surface area contributed by atoms with Gasteiger partial charge < -0.3 is 0 Å². The van der Waals surface area contributed by atoms with E-state index in [2.05, 4.69) is 6.92 Å². The van der Waals surface area contributed by atoms with Crippen LogP contribution in [0.25, 0.3) is 0 Å². The number of hydrogen-bond acceptors (Lipinski definition) is 0. The Hall–Kier alpha value is -0.130. The smallest absolute Gasteiger partial charge is 0.0900 e. The average Bonchev–Trinajstić information content (AvgIpc) is 2.14. The fraction of sp³-hybridized carbons (Fsp3) is 0.667. The first kappa shape index (κ1) is 6.00. The summed E-state index contributed by atoms with van der Waals surface area (Å²) in [5.41, 5.74) is 2.84. The van der Waals surface area contributed by atoms with E-state index in [-0.39, 0.29) is 0 Å². The summed E-state index contributed by atoms with van der Waals surface area (Å²) in [7, 11) is 7.08. The topological polar surface area (TPSA) is 0 Å². The van der Waals surface area contributed by atoms with E-state index in [4.69, 9.17) is 7.74 Å². The molecule has 1 aliphatic rings. The molecule has 0 bridgehead atoms. The molecule has 0 saturated heterocycles. The molecule has 1 aliphatic carbocycles. The molecule has 0 aromatic heterocycles. The lowest BCUT2D eigenvalue weighted by Gasteiger charge is -1.94. The van der Waals surface area contributed by atoms with Crippen LogP contribution in [-0.4, -0.2) is 14.9 Å². The van der Waals surface area contributed by atoms with Gasteiger partial charge in [0.15, 0.2) is 0 Å². The van der Waals surface area contributed by atoms with Gasteiger partial charge in [-0.3, -0.25) is 0 Å². The molecule has 2 heteroatoms. The quantitative estimate of drug-likeness (QED) is 0.437. The molecule has 0 nitrogen and oxygen atoms in total. The highest BCUT2D eigenvalue weighted by molar-refractivity contribution is 6.93. The maximum atomic E-state index is 5.34. The van der Waals surface area contributed by atoms with Crippen molar-refractivity contribution in [1.29, 1.82) is 0 Å². The van der Waals surface area contributed by atoms with Gasteiger partial charge in [0, 0.05) is 7.74 Å². The predicted molar refractivity (Wildman–Crippen MR) is 38.1 cm³/mol. The lowest BCUT2D eigenvalue weighted by atomic mass is 9.50. The van der Waals surface area contributed by atoms with Gasteiger partial charge in [-0.1, -0.05) is 5.57 Å². The third-order valence-electron chi connectivity index (χ3n) is 1.75. The molecule has 1 rings (SSSR count). The summed E-state index contributed by atoms with van der Waals surface area (Å²) in [5.74, 6) is 0. The summed E-state index contributed by atoms with van der Waals surface area (Å²) >= 11 is 0. The van der Waals surface area contributed by atoms with E-state index >= 15 is 0 Å². The summed E-state index contributed by atoms with van der Waals surface area (Å²) in [6, 6.07) is 0. The van der Waals surface area contributed by atoms with Crippen molar-refractivity contribution in [2.75, 3.05) is 0 Å². The van der Waals surface area contributed by atoms with Crippen LogP contribution < -0.4 is 0 Å². The molecule has 8 heavy (non-hydrogen) atoms. The Kier molecular flexibility index (Phi) is 1.82. The molecule has 0 aromatic carbocycles. The van der Waals surface area contributed by atoms with Crippen LogP contribution in [0.2, 0.25) is 0 Å². The lowest BCUT2D eigenvalue weighted by molar-refractivity contribution is 0.903. The zero-order valence-corrected chi connectivity index (χ0v) is 5.28. The molecule has 0 saturated carbocycles.